The van der Waals surface area contributed by atoms with Crippen LogP contribution in [0.25, 0.3) is 0 Å². The molecule has 0 aromatic heterocycles. The fourth-order valence-electron chi connectivity index (χ4n) is 1.46. The van der Waals surface area contributed by atoms with E-state index in [2.05, 4.69) is 0 Å². The fourth-order valence-corrected chi connectivity index (χ4v) is 2.07. The fraction of sp³-hybridized carbons (Fsp3) is 0.462. The molecule has 118 valence electrons. The number of halogens is 2. The standard InChI is InChI=1S/C13H17F2NO4S/c1-13(2,3)6-7-20-12(17)10-8(14)4-5-9(11(10)15)21(16,18)19/h4-5H,6-7H2,1-3H3,(H2,16,18,19). The summed E-state index contributed by atoms with van der Waals surface area (Å²) in [6.45, 7) is 5.68. The first kappa shape index (κ1) is 17.5. The first-order valence-electron chi connectivity index (χ1n) is 6.11. The van der Waals surface area contributed by atoms with Crippen LogP contribution >= 0.6 is 0 Å². The molecule has 0 radical (unpaired) electrons. The molecule has 8 heteroatoms. The first-order valence-corrected chi connectivity index (χ1v) is 7.66. The minimum absolute atomic E-state index is 0.0409. The molecule has 21 heavy (non-hydrogen) atoms. The zero-order valence-electron chi connectivity index (χ0n) is 11.9. The molecule has 1 aromatic carbocycles. The van der Waals surface area contributed by atoms with Gasteiger partial charge in [-0.2, -0.15) is 0 Å². The van der Waals surface area contributed by atoms with Gasteiger partial charge in [0.1, 0.15) is 16.3 Å². The van der Waals surface area contributed by atoms with E-state index in [0.717, 1.165) is 0 Å². The van der Waals surface area contributed by atoms with E-state index >= 15 is 0 Å². The largest absolute Gasteiger partial charge is 0.462 e. The van der Waals surface area contributed by atoms with Crippen molar-refractivity contribution < 1.29 is 26.7 Å². The van der Waals surface area contributed by atoms with Crippen molar-refractivity contribution >= 4 is 16.0 Å². The lowest BCUT2D eigenvalue weighted by atomic mass is 9.93. The highest BCUT2D eigenvalue weighted by atomic mass is 32.2. The molecular weight excluding hydrogens is 304 g/mol. The second kappa shape index (κ2) is 6.07. The highest BCUT2D eigenvalue weighted by Crippen LogP contribution is 2.22. The molecule has 2 N–H and O–H groups in total. The monoisotopic (exact) mass is 321 g/mol. The van der Waals surface area contributed by atoms with Gasteiger partial charge >= 0.3 is 5.97 Å². The first-order chi connectivity index (χ1) is 9.43. The quantitative estimate of drug-likeness (QED) is 0.861. The number of carbonyl (C=O) groups is 1. The zero-order chi connectivity index (χ0) is 16.4. The third kappa shape index (κ3) is 4.75. The van der Waals surface area contributed by atoms with Crippen LogP contribution in [-0.4, -0.2) is 21.0 Å². The maximum atomic E-state index is 13.9. The number of primary sulfonamides is 1. The summed E-state index contributed by atoms with van der Waals surface area (Å²) in [4.78, 5) is 10.8. The number of carbonyl (C=O) groups excluding carboxylic acids is 1. The summed E-state index contributed by atoms with van der Waals surface area (Å²) in [6.07, 6.45) is 0.483. The Morgan fingerprint density at radius 1 is 1.29 bits per heavy atom. The van der Waals surface area contributed by atoms with Crippen LogP contribution in [0.5, 0.6) is 0 Å². The average molecular weight is 321 g/mol. The Labute approximate surface area is 122 Å². The van der Waals surface area contributed by atoms with Crippen molar-refractivity contribution in [2.75, 3.05) is 6.61 Å². The summed E-state index contributed by atoms with van der Waals surface area (Å²) in [5.74, 6) is -4.02. The lowest BCUT2D eigenvalue weighted by Gasteiger charge is -2.17. The third-order valence-electron chi connectivity index (χ3n) is 2.65. The number of rotatable bonds is 4. The summed E-state index contributed by atoms with van der Waals surface area (Å²) in [5, 5.41) is 4.79. The van der Waals surface area contributed by atoms with E-state index in [9.17, 15) is 22.0 Å². The van der Waals surface area contributed by atoms with Crippen LogP contribution in [-0.2, 0) is 14.8 Å². The van der Waals surface area contributed by atoms with Gasteiger partial charge in [-0.15, -0.1) is 0 Å². The van der Waals surface area contributed by atoms with Gasteiger partial charge in [-0.25, -0.2) is 27.1 Å². The van der Waals surface area contributed by atoms with E-state index < -0.39 is 38.1 Å². The van der Waals surface area contributed by atoms with E-state index in [-0.39, 0.29) is 12.0 Å². The van der Waals surface area contributed by atoms with Crippen LogP contribution in [0, 0.1) is 17.0 Å². The van der Waals surface area contributed by atoms with Gasteiger partial charge < -0.3 is 4.74 Å². The Morgan fingerprint density at radius 2 is 1.86 bits per heavy atom. The predicted octanol–water partition coefficient (Wildman–Crippen LogP) is 2.21. The lowest BCUT2D eigenvalue weighted by molar-refractivity contribution is 0.0453. The van der Waals surface area contributed by atoms with Crippen molar-refractivity contribution in [3.63, 3.8) is 0 Å². The molecule has 0 fully saturated rings. The minimum Gasteiger partial charge on any atom is -0.462 e. The number of benzene rings is 1. The summed E-state index contributed by atoms with van der Waals surface area (Å²) in [7, 11) is -4.40. The SMILES string of the molecule is CC(C)(C)CCOC(=O)c1c(F)ccc(S(N)(=O)=O)c1F. The minimum atomic E-state index is -4.40. The second-order valence-electron chi connectivity index (χ2n) is 5.73. The number of esters is 1. The van der Waals surface area contributed by atoms with E-state index in [1.807, 2.05) is 20.8 Å². The van der Waals surface area contributed by atoms with Gasteiger partial charge in [-0.3, -0.25) is 0 Å². The van der Waals surface area contributed by atoms with Gasteiger partial charge in [0.2, 0.25) is 10.0 Å². The van der Waals surface area contributed by atoms with Crippen molar-refractivity contribution in [2.45, 2.75) is 32.1 Å². The Hall–Kier alpha value is -1.54. The van der Waals surface area contributed by atoms with Gasteiger partial charge in [-0.05, 0) is 24.0 Å². The maximum absolute atomic E-state index is 13.9. The van der Waals surface area contributed by atoms with Gasteiger partial charge in [-0.1, -0.05) is 20.8 Å². The van der Waals surface area contributed by atoms with Crippen LogP contribution in [0.4, 0.5) is 8.78 Å². The van der Waals surface area contributed by atoms with Crippen molar-refractivity contribution in [1.29, 1.82) is 0 Å². The molecule has 0 amide bonds. The molecule has 0 aliphatic carbocycles. The lowest BCUT2D eigenvalue weighted by Crippen LogP contribution is -2.19. The van der Waals surface area contributed by atoms with E-state index in [1.54, 1.807) is 0 Å². The number of hydrogen-bond donors (Lipinski definition) is 1. The molecule has 1 rings (SSSR count). The molecule has 0 saturated heterocycles. The third-order valence-corrected chi connectivity index (χ3v) is 3.58. The topological polar surface area (TPSA) is 86.5 Å². The Bertz CT molecular complexity index is 651. The summed E-state index contributed by atoms with van der Waals surface area (Å²) in [5.41, 5.74) is -1.18. The molecule has 1 aromatic rings. The van der Waals surface area contributed by atoms with Crippen LogP contribution < -0.4 is 5.14 Å². The number of hydrogen-bond acceptors (Lipinski definition) is 4. The average Bonchev–Trinajstić information content (AvgIpc) is 2.25. The molecule has 0 heterocycles. The van der Waals surface area contributed by atoms with Crippen LogP contribution in [0.15, 0.2) is 17.0 Å². The van der Waals surface area contributed by atoms with Gasteiger partial charge in [0.25, 0.3) is 0 Å². The van der Waals surface area contributed by atoms with E-state index in [0.29, 0.717) is 18.6 Å². The highest BCUT2D eigenvalue weighted by molar-refractivity contribution is 7.89. The van der Waals surface area contributed by atoms with Crippen molar-refractivity contribution in [3.8, 4) is 0 Å². The summed E-state index contributed by atoms with van der Waals surface area (Å²) in [6, 6.07) is 1.31. The maximum Gasteiger partial charge on any atom is 0.344 e. The Morgan fingerprint density at radius 3 is 2.33 bits per heavy atom. The van der Waals surface area contributed by atoms with E-state index in [4.69, 9.17) is 9.88 Å². The van der Waals surface area contributed by atoms with Crippen LogP contribution in [0.3, 0.4) is 0 Å². The molecule has 5 nitrogen and oxygen atoms in total. The van der Waals surface area contributed by atoms with Gasteiger partial charge in [0.05, 0.1) is 6.61 Å². The molecule has 0 saturated carbocycles. The molecule has 0 atom stereocenters. The zero-order valence-corrected chi connectivity index (χ0v) is 12.8. The molecule has 0 bridgehead atoms. The van der Waals surface area contributed by atoms with E-state index in [1.165, 1.54) is 0 Å². The Kier molecular flexibility index (Phi) is 5.06. The number of nitrogens with two attached hydrogens (primary N) is 1. The Balaban J connectivity index is 3.05. The molecule has 0 spiro atoms. The number of ether oxygens (including phenoxy) is 1. The number of sulfonamides is 1. The van der Waals surface area contributed by atoms with Crippen molar-refractivity contribution in [1.82, 2.24) is 0 Å². The highest BCUT2D eigenvalue weighted by Gasteiger charge is 2.26. The van der Waals surface area contributed by atoms with Gasteiger partial charge in [0, 0.05) is 0 Å². The molecule has 0 aliphatic rings. The van der Waals surface area contributed by atoms with Crippen LogP contribution in [0.1, 0.15) is 37.6 Å². The van der Waals surface area contributed by atoms with Crippen molar-refractivity contribution in [3.05, 3.63) is 29.3 Å². The summed E-state index contributed by atoms with van der Waals surface area (Å²) < 4.78 is 54.6. The van der Waals surface area contributed by atoms with Gasteiger partial charge in [0.15, 0.2) is 5.82 Å². The smallest absolute Gasteiger partial charge is 0.344 e. The molecule has 0 unspecified atom stereocenters. The normalized spacial score (nSPS) is 12.3. The summed E-state index contributed by atoms with van der Waals surface area (Å²) >= 11 is 0. The van der Waals surface area contributed by atoms with Crippen molar-refractivity contribution in [2.24, 2.45) is 10.6 Å². The van der Waals surface area contributed by atoms with Crippen LogP contribution in [0.2, 0.25) is 0 Å². The predicted molar refractivity (Wildman–Crippen MR) is 72.1 cm³/mol. The molecular formula is C13H17F2NO4S. The second-order valence-corrected chi connectivity index (χ2v) is 7.26. The molecule has 0 aliphatic heterocycles.